The summed E-state index contributed by atoms with van der Waals surface area (Å²) < 4.78 is 151. The third kappa shape index (κ3) is 5.19. The van der Waals surface area contributed by atoms with Crippen molar-refractivity contribution in [3.63, 3.8) is 0 Å². The van der Waals surface area contributed by atoms with Gasteiger partial charge in [-0.25, -0.2) is 4.79 Å². The van der Waals surface area contributed by atoms with Crippen molar-refractivity contribution < 1.29 is 62.6 Å². The number of rotatable bonds is 3. The van der Waals surface area contributed by atoms with Crippen molar-refractivity contribution in [1.82, 2.24) is 0 Å². The van der Waals surface area contributed by atoms with Crippen molar-refractivity contribution in [1.29, 1.82) is 0 Å². The Morgan fingerprint density at radius 1 is 0.667 bits per heavy atom. The highest BCUT2D eigenvalue weighted by atomic mass is 19.4. The van der Waals surface area contributed by atoms with Crippen LogP contribution in [0.3, 0.4) is 0 Å². The van der Waals surface area contributed by atoms with E-state index in [9.17, 15) is 57.5 Å². The molecule has 0 bridgehead atoms. The molecule has 2 nitrogen and oxygen atoms in total. The predicted octanol–water partition coefficient (Wildman–Crippen LogP) is 4.87. The van der Waals surface area contributed by atoms with Gasteiger partial charge >= 0.3 is 30.7 Å². The third-order valence-corrected chi connectivity index (χ3v) is 2.69. The fraction of sp³-hybridized carbons (Fsp3) is 0.700. The molecule has 1 N–H and O–H groups in total. The van der Waals surface area contributed by atoms with E-state index < -0.39 is 53.7 Å². The van der Waals surface area contributed by atoms with Gasteiger partial charge in [-0.05, 0) is 12.5 Å². The van der Waals surface area contributed by atoms with Crippen molar-refractivity contribution in [2.24, 2.45) is 11.8 Å². The summed E-state index contributed by atoms with van der Waals surface area (Å²) in [4.78, 5) is 10.5. The lowest BCUT2D eigenvalue weighted by Crippen LogP contribution is -2.48. The molecular formula is C10H6F12O2. The van der Waals surface area contributed by atoms with E-state index in [1.54, 1.807) is 0 Å². The van der Waals surface area contributed by atoms with Crippen molar-refractivity contribution >= 4 is 5.97 Å². The summed E-state index contributed by atoms with van der Waals surface area (Å²) in [7, 11) is 0. The Bertz CT molecular complexity index is 442. The summed E-state index contributed by atoms with van der Waals surface area (Å²) in [5.74, 6) is -13.3. The van der Waals surface area contributed by atoms with Crippen LogP contribution in [0.4, 0.5) is 52.7 Å². The van der Waals surface area contributed by atoms with E-state index in [1.807, 2.05) is 0 Å². The molecule has 0 aromatic rings. The zero-order valence-electron chi connectivity index (χ0n) is 11.0. The molecule has 0 aromatic carbocycles. The minimum absolute atomic E-state index is 0.202. The number of hydrogen-bond donors (Lipinski definition) is 1. The van der Waals surface area contributed by atoms with Crippen LogP contribution < -0.4 is 0 Å². The first-order chi connectivity index (χ1) is 10.2. The van der Waals surface area contributed by atoms with Gasteiger partial charge in [-0.3, -0.25) is 0 Å². The minimum Gasteiger partial charge on any atom is -0.478 e. The van der Waals surface area contributed by atoms with Crippen LogP contribution in [0, 0.1) is 11.8 Å². The van der Waals surface area contributed by atoms with Gasteiger partial charge in [-0.1, -0.05) is 0 Å². The van der Waals surface area contributed by atoms with Crippen LogP contribution in [-0.4, -0.2) is 35.8 Å². The molecule has 0 aromatic heterocycles. The van der Waals surface area contributed by atoms with E-state index in [0.717, 1.165) is 0 Å². The highest BCUT2D eigenvalue weighted by Gasteiger charge is 2.68. The van der Waals surface area contributed by atoms with Gasteiger partial charge in [-0.2, -0.15) is 52.7 Å². The van der Waals surface area contributed by atoms with E-state index >= 15 is 0 Å². The van der Waals surface area contributed by atoms with Gasteiger partial charge in [0.25, 0.3) is 0 Å². The van der Waals surface area contributed by atoms with Crippen LogP contribution in [0.2, 0.25) is 0 Å². The first kappa shape index (κ1) is 22.4. The first-order valence-corrected chi connectivity index (χ1v) is 5.43. The van der Waals surface area contributed by atoms with Crippen molar-refractivity contribution in [2.45, 2.75) is 31.6 Å². The van der Waals surface area contributed by atoms with Crippen molar-refractivity contribution in [2.75, 3.05) is 0 Å². The van der Waals surface area contributed by atoms with Gasteiger partial charge in [0.15, 0.2) is 11.8 Å². The molecular weight excluding hydrogens is 380 g/mol. The van der Waals surface area contributed by atoms with Crippen molar-refractivity contribution in [3.8, 4) is 0 Å². The monoisotopic (exact) mass is 386 g/mol. The molecule has 0 saturated carbocycles. The second-order valence-corrected chi connectivity index (χ2v) is 4.42. The zero-order valence-corrected chi connectivity index (χ0v) is 11.0. The van der Waals surface area contributed by atoms with E-state index in [2.05, 4.69) is 0 Å². The van der Waals surface area contributed by atoms with E-state index in [4.69, 9.17) is 5.11 Å². The fourth-order valence-electron chi connectivity index (χ4n) is 1.80. The third-order valence-electron chi connectivity index (χ3n) is 2.69. The Labute approximate surface area is 124 Å². The van der Waals surface area contributed by atoms with Gasteiger partial charge < -0.3 is 5.11 Å². The topological polar surface area (TPSA) is 37.3 Å². The predicted molar refractivity (Wildman–Crippen MR) is 51.5 cm³/mol. The second-order valence-electron chi connectivity index (χ2n) is 4.42. The minimum atomic E-state index is -6.64. The van der Waals surface area contributed by atoms with Gasteiger partial charge in [0.2, 0.25) is 0 Å². The molecule has 0 unspecified atom stereocenters. The average Bonchev–Trinajstić information content (AvgIpc) is 2.18. The van der Waals surface area contributed by atoms with Crippen LogP contribution in [-0.2, 0) is 4.79 Å². The maximum absolute atomic E-state index is 12.5. The van der Waals surface area contributed by atoms with Crippen molar-refractivity contribution in [3.05, 3.63) is 11.1 Å². The number of carbonyl (C=O) groups is 1. The number of aliphatic carboxylic acids is 1. The zero-order chi connectivity index (χ0) is 19.9. The first-order valence-electron chi connectivity index (χ1n) is 5.43. The Balaban J connectivity index is 6.95. The highest BCUT2D eigenvalue weighted by Crippen LogP contribution is 2.54. The molecule has 0 heterocycles. The fourth-order valence-corrected chi connectivity index (χ4v) is 1.80. The van der Waals surface area contributed by atoms with Gasteiger partial charge in [-0.15, -0.1) is 0 Å². The standard InChI is InChI=1S/C10H6F12O2/c1-2(6(23)24)3(4(7(11,12)13)8(14,15)16)5(9(17,18)19)10(20,21)22/h4-5H,1H3,(H,23,24). The Hall–Kier alpha value is -1.63. The number of allylic oxidation sites excluding steroid dienone is 1. The molecule has 0 radical (unpaired) electrons. The van der Waals surface area contributed by atoms with Crippen LogP contribution in [0.25, 0.3) is 0 Å². The smallest absolute Gasteiger partial charge is 0.404 e. The molecule has 0 saturated heterocycles. The quantitative estimate of drug-likeness (QED) is 0.555. The molecule has 0 spiro atoms. The SMILES string of the molecule is CC(C(=O)O)=C(C(C(F)(F)F)C(F)(F)F)C(C(F)(F)F)C(F)(F)F. The number of alkyl halides is 12. The molecule has 0 fully saturated rings. The summed E-state index contributed by atoms with van der Waals surface area (Å²) in [6.07, 6.45) is -26.6. The molecule has 0 amide bonds. The maximum Gasteiger partial charge on any atom is 0.404 e. The normalized spacial score (nSPS) is 14.3. The number of hydrogen-bond acceptors (Lipinski definition) is 1. The lowest BCUT2D eigenvalue weighted by Gasteiger charge is -2.33. The van der Waals surface area contributed by atoms with E-state index in [1.165, 1.54) is 0 Å². The number of carboxylic acid groups (broad SMARTS) is 1. The lowest BCUT2D eigenvalue weighted by atomic mass is 9.82. The Morgan fingerprint density at radius 2 is 0.875 bits per heavy atom. The molecule has 14 heteroatoms. The van der Waals surface area contributed by atoms with E-state index in [0.29, 0.717) is 0 Å². The summed E-state index contributed by atoms with van der Waals surface area (Å²) in [5, 5.41) is 8.39. The molecule has 24 heavy (non-hydrogen) atoms. The Kier molecular flexibility index (Phi) is 5.92. The highest BCUT2D eigenvalue weighted by molar-refractivity contribution is 5.87. The van der Waals surface area contributed by atoms with Crippen LogP contribution in [0.1, 0.15) is 6.92 Å². The molecule has 0 aliphatic rings. The molecule has 142 valence electrons. The summed E-state index contributed by atoms with van der Waals surface area (Å²) >= 11 is 0. The summed E-state index contributed by atoms with van der Waals surface area (Å²) in [6, 6.07) is 0. The summed E-state index contributed by atoms with van der Waals surface area (Å²) in [5.41, 5.74) is -5.73. The Morgan fingerprint density at radius 3 is 1.00 bits per heavy atom. The molecule has 0 atom stereocenters. The van der Waals surface area contributed by atoms with E-state index in [-0.39, 0.29) is 6.92 Å². The van der Waals surface area contributed by atoms with Gasteiger partial charge in [0.1, 0.15) is 0 Å². The van der Waals surface area contributed by atoms with Crippen LogP contribution in [0.15, 0.2) is 11.1 Å². The van der Waals surface area contributed by atoms with Crippen LogP contribution in [0.5, 0.6) is 0 Å². The second kappa shape index (κ2) is 6.35. The van der Waals surface area contributed by atoms with Crippen LogP contribution >= 0.6 is 0 Å². The number of carboxylic acids is 1. The summed E-state index contributed by atoms with van der Waals surface area (Å²) in [6.45, 7) is -0.202. The molecule has 0 rings (SSSR count). The maximum atomic E-state index is 12.5. The van der Waals surface area contributed by atoms with Gasteiger partial charge in [0, 0.05) is 5.57 Å². The largest absolute Gasteiger partial charge is 0.478 e. The molecule has 0 aliphatic carbocycles. The lowest BCUT2D eigenvalue weighted by molar-refractivity contribution is -0.301. The number of halogens is 12. The van der Waals surface area contributed by atoms with Gasteiger partial charge in [0.05, 0.1) is 0 Å². The average molecular weight is 386 g/mol. The molecule has 0 aliphatic heterocycles.